The van der Waals surface area contributed by atoms with Crippen molar-refractivity contribution in [3.63, 3.8) is 0 Å². The molecule has 186 valence electrons. The Bertz CT molecular complexity index is 1280. The van der Waals surface area contributed by atoms with Crippen LogP contribution in [-0.2, 0) is 21.9 Å². The number of aromatic nitrogens is 2. The highest BCUT2D eigenvalue weighted by Crippen LogP contribution is 2.28. The fourth-order valence-corrected chi connectivity index (χ4v) is 5.91. The van der Waals surface area contributed by atoms with E-state index in [-0.39, 0.29) is 29.8 Å². The van der Waals surface area contributed by atoms with Gasteiger partial charge in [-0.2, -0.15) is 4.31 Å². The molecular formula is C26H31FN4O3S. The third-order valence-corrected chi connectivity index (χ3v) is 8.54. The summed E-state index contributed by atoms with van der Waals surface area (Å²) >= 11 is 0. The van der Waals surface area contributed by atoms with Gasteiger partial charge in [-0.15, -0.1) is 0 Å². The molecule has 1 aromatic heterocycles. The Labute approximate surface area is 206 Å². The van der Waals surface area contributed by atoms with Gasteiger partial charge in [0.25, 0.3) is 0 Å². The van der Waals surface area contributed by atoms with Crippen LogP contribution in [0.1, 0.15) is 55.6 Å². The summed E-state index contributed by atoms with van der Waals surface area (Å²) in [6.07, 6.45) is 4.12. The number of carbonyl (C=O) groups is 1. The van der Waals surface area contributed by atoms with E-state index in [4.69, 9.17) is 0 Å². The second-order valence-electron chi connectivity index (χ2n) is 9.26. The molecule has 1 saturated heterocycles. The highest BCUT2D eigenvalue weighted by molar-refractivity contribution is 7.89. The van der Waals surface area contributed by atoms with Crippen LogP contribution < -0.4 is 5.32 Å². The quantitative estimate of drug-likeness (QED) is 0.534. The summed E-state index contributed by atoms with van der Waals surface area (Å²) < 4.78 is 44.0. The van der Waals surface area contributed by atoms with Crippen LogP contribution >= 0.6 is 0 Å². The number of hydrogen-bond donors (Lipinski definition) is 1. The monoisotopic (exact) mass is 498 g/mol. The Morgan fingerprint density at radius 3 is 2.31 bits per heavy atom. The van der Waals surface area contributed by atoms with Gasteiger partial charge in [-0.1, -0.05) is 44.2 Å². The predicted octanol–water partition coefficient (Wildman–Crippen LogP) is 3.99. The lowest BCUT2D eigenvalue weighted by atomic mass is 9.96. The largest absolute Gasteiger partial charge is 0.342 e. The number of halogens is 1. The van der Waals surface area contributed by atoms with E-state index in [0.717, 1.165) is 5.56 Å². The lowest BCUT2D eigenvalue weighted by Crippen LogP contribution is -2.44. The van der Waals surface area contributed by atoms with E-state index in [9.17, 15) is 17.6 Å². The van der Waals surface area contributed by atoms with E-state index in [2.05, 4.69) is 24.1 Å². The van der Waals surface area contributed by atoms with Crippen molar-refractivity contribution in [2.45, 2.75) is 43.5 Å². The maximum absolute atomic E-state index is 14.6. The number of piperidine rings is 1. The second kappa shape index (κ2) is 10.3. The van der Waals surface area contributed by atoms with Gasteiger partial charge in [-0.05, 0) is 42.5 Å². The SMILES string of the molecule is CC(C)c1ccc(S(=O)(=O)N2CCC(C(=O)N[C@H](c3ccccc3F)c3nccn3C)CC2)cc1. The van der Waals surface area contributed by atoms with Crippen LogP contribution in [0, 0.1) is 11.7 Å². The van der Waals surface area contributed by atoms with Gasteiger partial charge in [-0.25, -0.2) is 17.8 Å². The van der Waals surface area contributed by atoms with Gasteiger partial charge in [-0.3, -0.25) is 4.79 Å². The summed E-state index contributed by atoms with van der Waals surface area (Å²) in [6.45, 7) is 4.62. The van der Waals surface area contributed by atoms with Crippen molar-refractivity contribution in [1.82, 2.24) is 19.2 Å². The molecule has 4 rings (SSSR count). The van der Waals surface area contributed by atoms with E-state index in [1.165, 1.54) is 10.4 Å². The van der Waals surface area contributed by atoms with Gasteiger partial charge in [0.1, 0.15) is 17.7 Å². The Morgan fingerprint density at radius 2 is 1.74 bits per heavy atom. The van der Waals surface area contributed by atoms with E-state index in [0.29, 0.717) is 30.1 Å². The molecule has 1 aliphatic heterocycles. The zero-order chi connectivity index (χ0) is 25.2. The smallest absolute Gasteiger partial charge is 0.243 e. The van der Waals surface area contributed by atoms with Gasteiger partial charge >= 0.3 is 0 Å². The molecule has 0 unspecified atom stereocenters. The number of carbonyl (C=O) groups excluding carboxylic acids is 1. The highest BCUT2D eigenvalue weighted by Gasteiger charge is 2.34. The normalized spacial score (nSPS) is 16.4. The third-order valence-electron chi connectivity index (χ3n) is 6.63. The molecule has 0 aliphatic carbocycles. The topological polar surface area (TPSA) is 84.3 Å². The van der Waals surface area contributed by atoms with Crippen LogP contribution in [0.5, 0.6) is 0 Å². The van der Waals surface area contributed by atoms with Crippen molar-refractivity contribution in [3.8, 4) is 0 Å². The Kier molecular flexibility index (Phi) is 7.37. The van der Waals surface area contributed by atoms with Crippen LogP contribution in [0.2, 0.25) is 0 Å². The van der Waals surface area contributed by atoms with Gasteiger partial charge in [0.05, 0.1) is 4.90 Å². The number of rotatable bonds is 7. The maximum atomic E-state index is 14.6. The highest BCUT2D eigenvalue weighted by atomic mass is 32.2. The number of hydrogen-bond acceptors (Lipinski definition) is 4. The van der Waals surface area contributed by atoms with Crippen molar-refractivity contribution in [2.75, 3.05) is 13.1 Å². The van der Waals surface area contributed by atoms with Crippen molar-refractivity contribution >= 4 is 15.9 Å². The molecule has 7 nitrogen and oxygen atoms in total. The molecule has 1 aliphatic rings. The number of amides is 1. The lowest BCUT2D eigenvalue weighted by Gasteiger charge is -2.31. The van der Waals surface area contributed by atoms with Crippen LogP contribution in [-0.4, -0.2) is 41.3 Å². The summed E-state index contributed by atoms with van der Waals surface area (Å²) in [5.41, 5.74) is 1.41. The van der Waals surface area contributed by atoms with Crippen molar-refractivity contribution < 1.29 is 17.6 Å². The van der Waals surface area contributed by atoms with E-state index < -0.39 is 21.9 Å². The molecule has 0 radical (unpaired) electrons. The molecule has 3 aromatic rings. The minimum absolute atomic E-state index is 0.236. The summed E-state index contributed by atoms with van der Waals surface area (Å²) in [6, 6.07) is 12.6. The number of sulfonamides is 1. The first kappa shape index (κ1) is 25.1. The third kappa shape index (κ3) is 5.31. The van der Waals surface area contributed by atoms with Crippen molar-refractivity contribution in [1.29, 1.82) is 0 Å². The Morgan fingerprint density at radius 1 is 1.09 bits per heavy atom. The van der Waals surface area contributed by atoms with Gasteiger partial charge < -0.3 is 9.88 Å². The number of aryl methyl sites for hydroxylation is 1. The average Bonchev–Trinajstić information content (AvgIpc) is 3.28. The number of imidazole rings is 1. The first-order chi connectivity index (χ1) is 16.7. The molecule has 2 heterocycles. The van der Waals surface area contributed by atoms with E-state index >= 15 is 0 Å². The summed E-state index contributed by atoms with van der Waals surface area (Å²) in [4.78, 5) is 17.8. The van der Waals surface area contributed by atoms with Crippen molar-refractivity contribution in [3.05, 3.63) is 83.7 Å². The minimum atomic E-state index is -3.63. The number of nitrogens with one attached hydrogen (secondary N) is 1. The molecule has 35 heavy (non-hydrogen) atoms. The molecule has 0 spiro atoms. The van der Waals surface area contributed by atoms with Crippen LogP contribution in [0.3, 0.4) is 0 Å². The predicted molar refractivity (Wildman–Crippen MR) is 132 cm³/mol. The lowest BCUT2D eigenvalue weighted by molar-refractivity contribution is -0.126. The van der Waals surface area contributed by atoms with Gasteiger partial charge in [0, 0.05) is 44.0 Å². The second-order valence-corrected chi connectivity index (χ2v) is 11.2. The van der Waals surface area contributed by atoms with Gasteiger partial charge in [0.2, 0.25) is 15.9 Å². The maximum Gasteiger partial charge on any atom is 0.243 e. The average molecular weight is 499 g/mol. The number of nitrogens with zero attached hydrogens (tertiary/aromatic N) is 3. The molecule has 1 N–H and O–H groups in total. The molecule has 0 saturated carbocycles. The van der Waals surface area contributed by atoms with Crippen LogP contribution in [0.4, 0.5) is 4.39 Å². The molecule has 1 atom stereocenters. The standard InChI is InChI=1S/C26H31FN4O3S/c1-18(2)19-8-10-21(11-9-19)35(33,34)31-15-12-20(13-16-31)26(32)29-24(25-28-14-17-30(25)3)22-6-4-5-7-23(22)27/h4-11,14,17-18,20,24H,12-13,15-16H2,1-3H3,(H,29,32)/t24-/m1/s1. The molecule has 0 bridgehead atoms. The first-order valence-electron chi connectivity index (χ1n) is 11.8. The fraction of sp³-hybridized carbons (Fsp3) is 0.385. The van der Waals surface area contributed by atoms with E-state index in [1.807, 2.05) is 12.1 Å². The van der Waals surface area contributed by atoms with Crippen LogP contribution in [0.25, 0.3) is 0 Å². The molecule has 2 aromatic carbocycles. The molecule has 1 fully saturated rings. The van der Waals surface area contributed by atoms with E-state index in [1.54, 1.807) is 54.3 Å². The zero-order valence-corrected chi connectivity index (χ0v) is 21.0. The minimum Gasteiger partial charge on any atom is -0.342 e. The number of benzene rings is 2. The van der Waals surface area contributed by atoms with Gasteiger partial charge in [0.15, 0.2) is 0 Å². The fourth-order valence-electron chi connectivity index (χ4n) is 4.44. The molecule has 1 amide bonds. The summed E-state index contributed by atoms with van der Waals surface area (Å²) in [5.74, 6) is -0.197. The zero-order valence-electron chi connectivity index (χ0n) is 20.2. The Balaban J connectivity index is 1.45. The molecule has 9 heteroatoms. The summed E-state index contributed by atoms with van der Waals surface area (Å²) in [7, 11) is -1.84. The molecular weight excluding hydrogens is 467 g/mol. The van der Waals surface area contributed by atoms with Crippen molar-refractivity contribution in [2.24, 2.45) is 13.0 Å². The first-order valence-corrected chi connectivity index (χ1v) is 13.2. The summed E-state index contributed by atoms with van der Waals surface area (Å²) in [5, 5.41) is 2.96. The Hall–Kier alpha value is -3.04. The van der Waals surface area contributed by atoms with Crippen LogP contribution in [0.15, 0.2) is 65.8 Å².